The van der Waals surface area contributed by atoms with Crippen LogP contribution in [0.1, 0.15) is 51.3 Å². The number of carbonyl (C=O) groups excluding carboxylic acids is 3. The molecule has 10 heteroatoms. The summed E-state index contributed by atoms with van der Waals surface area (Å²) >= 11 is 1.57. The lowest BCUT2D eigenvalue weighted by atomic mass is 9.85. The fraction of sp³-hybridized carbons (Fsp3) is 0.538. The lowest BCUT2D eigenvalue weighted by Crippen LogP contribution is -2.59. The Morgan fingerprint density at radius 3 is 2.47 bits per heavy atom. The van der Waals surface area contributed by atoms with Crippen LogP contribution >= 0.6 is 11.3 Å². The molecular weight excluding hydrogens is 483 g/mol. The zero-order valence-corrected chi connectivity index (χ0v) is 21.8. The van der Waals surface area contributed by atoms with E-state index >= 15 is 0 Å². The van der Waals surface area contributed by atoms with Crippen molar-refractivity contribution in [2.45, 2.75) is 77.4 Å². The second kappa shape index (κ2) is 9.89. The van der Waals surface area contributed by atoms with E-state index in [1.807, 2.05) is 31.2 Å². The molecule has 0 spiro atoms. The molecule has 3 atom stereocenters. The third-order valence-electron chi connectivity index (χ3n) is 6.78. The van der Waals surface area contributed by atoms with E-state index in [0.717, 1.165) is 21.7 Å². The molecule has 2 aromatic rings. The van der Waals surface area contributed by atoms with Crippen LogP contribution in [0.4, 0.5) is 4.39 Å². The first-order valence-electron chi connectivity index (χ1n) is 12.1. The van der Waals surface area contributed by atoms with E-state index in [1.165, 1.54) is 4.90 Å². The van der Waals surface area contributed by atoms with Gasteiger partial charge >= 0.3 is 0 Å². The van der Waals surface area contributed by atoms with E-state index < -0.39 is 41.1 Å². The summed E-state index contributed by atoms with van der Waals surface area (Å²) in [6.07, 6.45) is -0.484. The lowest BCUT2D eigenvalue weighted by molar-refractivity contribution is -0.145. The number of aromatic nitrogens is 1. The number of aliphatic hydroxyl groups excluding tert-OH is 1. The molecular formula is C26H33FN4O4S. The van der Waals surface area contributed by atoms with Gasteiger partial charge in [0.25, 0.3) is 5.91 Å². The summed E-state index contributed by atoms with van der Waals surface area (Å²) in [4.78, 5) is 45.6. The molecule has 0 bridgehead atoms. The van der Waals surface area contributed by atoms with Gasteiger partial charge in [-0.2, -0.15) is 0 Å². The molecule has 3 N–H and O–H groups in total. The van der Waals surface area contributed by atoms with Crippen molar-refractivity contribution >= 4 is 29.1 Å². The minimum atomic E-state index is -1.92. The van der Waals surface area contributed by atoms with E-state index in [2.05, 4.69) is 15.6 Å². The van der Waals surface area contributed by atoms with Crippen LogP contribution in [0.5, 0.6) is 0 Å². The van der Waals surface area contributed by atoms with Gasteiger partial charge in [0.1, 0.15) is 12.1 Å². The Balaban J connectivity index is 1.42. The van der Waals surface area contributed by atoms with Gasteiger partial charge in [-0.1, -0.05) is 45.0 Å². The quantitative estimate of drug-likeness (QED) is 0.524. The first-order chi connectivity index (χ1) is 16.9. The number of β-amino-alcohol motifs (C(OH)–C–C–N with tert-alkyl or cyclic N) is 1. The number of rotatable bonds is 7. The van der Waals surface area contributed by atoms with Crippen LogP contribution in [0.3, 0.4) is 0 Å². The Labute approximate surface area is 214 Å². The van der Waals surface area contributed by atoms with Crippen LogP contribution in [-0.2, 0) is 20.9 Å². The van der Waals surface area contributed by atoms with Crippen molar-refractivity contribution in [2.24, 2.45) is 5.41 Å². The number of benzene rings is 1. The molecule has 3 amide bonds. The Hall–Kier alpha value is -2.85. The van der Waals surface area contributed by atoms with Gasteiger partial charge in [-0.25, -0.2) is 9.37 Å². The molecule has 1 saturated heterocycles. The van der Waals surface area contributed by atoms with Crippen molar-refractivity contribution in [3.05, 3.63) is 41.0 Å². The minimum Gasteiger partial charge on any atom is -0.391 e. The zero-order valence-electron chi connectivity index (χ0n) is 21.0. The smallest absolute Gasteiger partial charge is 0.258 e. The summed E-state index contributed by atoms with van der Waals surface area (Å²) in [6.45, 7) is 7.51. The molecule has 4 rings (SSSR count). The molecule has 1 unspecified atom stereocenters. The van der Waals surface area contributed by atoms with Gasteiger partial charge in [-0.05, 0) is 36.3 Å². The number of carbonyl (C=O) groups is 3. The molecule has 194 valence electrons. The van der Waals surface area contributed by atoms with E-state index in [-0.39, 0.29) is 38.3 Å². The van der Waals surface area contributed by atoms with E-state index in [4.69, 9.17) is 0 Å². The van der Waals surface area contributed by atoms with Crippen molar-refractivity contribution in [2.75, 3.05) is 6.54 Å². The number of alkyl halides is 1. The van der Waals surface area contributed by atoms with E-state index in [0.29, 0.717) is 0 Å². The fourth-order valence-electron chi connectivity index (χ4n) is 4.38. The van der Waals surface area contributed by atoms with Crippen molar-refractivity contribution in [1.82, 2.24) is 20.5 Å². The third-order valence-corrected chi connectivity index (χ3v) is 7.76. The number of amides is 3. The van der Waals surface area contributed by atoms with Gasteiger partial charge < -0.3 is 20.6 Å². The number of aliphatic hydroxyl groups is 1. The molecule has 1 aromatic carbocycles. The average molecular weight is 517 g/mol. The highest BCUT2D eigenvalue weighted by Crippen LogP contribution is 2.40. The molecule has 1 saturated carbocycles. The average Bonchev–Trinajstić information content (AvgIpc) is 3.23. The number of thiazole rings is 1. The number of hydrogen-bond acceptors (Lipinski definition) is 6. The number of aryl methyl sites for hydroxylation is 1. The fourth-order valence-corrected chi connectivity index (χ4v) is 5.19. The summed E-state index contributed by atoms with van der Waals surface area (Å²) in [7, 11) is 0. The lowest BCUT2D eigenvalue weighted by Gasteiger charge is -2.35. The largest absolute Gasteiger partial charge is 0.391 e. The van der Waals surface area contributed by atoms with E-state index in [1.54, 1.807) is 37.6 Å². The summed E-state index contributed by atoms with van der Waals surface area (Å²) in [6, 6.07) is 5.90. The second-order valence-electron chi connectivity index (χ2n) is 10.8. The van der Waals surface area contributed by atoms with E-state index in [9.17, 15) is 23.9 Å². The molecule has 36 heavy (non-hydrogen) atoms. The third kappa shape index (κ3) is 5.59. The molecule has 8 nitrogen and oxygen atoms in total. The maximum atomic E-state index is 14.3. The van der Waals surface area contributed by atoms with Crippen LogP contribution in [0.2, 0.25) is 0 Å². The molecule has 1 aromatic heterocycles. The van der Waals surface area contributed by atoms with Gasteiger partial charge in [-0.3, -0.25) is 14.4 Å². The zero-order chi connectivity index (χ0) is 26.3. The van der Waals surface area contributed by atoms with Gasteiger partial charge in [0.05, 0.1) is 22.2 Å². The minimum absolute atomic E-state index is 0.0248. The Bertz CT molecular complexity index is 1140. The maximum absolute atomic E-state index is 14.3. The first-order valence-corrected chi connectivity index (χ1v) is 13.0. The summed E-state index contributed by atoms with van der Waals surface area (Å²) in [5, 5.41) is 15.7. The molecule has 2 aliphatic rings. The van der Waals surface area contributed by atoms with Crippen LogP contribution in [-0.4, -0.2) is 63.1 Å². The predicted molar refractivity (Wildman–Crippen MR) is 135 cm³/mol. The first kappa shape index (κ1) is 26.2. The normalized spacial score (nSPS) is 21.7. The molecule has 0 radical (unpaired) electrons. The Morgan fingerprint density at radius 2 is 1.92 bits per heavy atom. The standard InChI is InChI=1S/C26H33FN4O4S/c1-15-20(36-14-29-15)17-7-5-16(6-8-17)12-28-22(33)19-11-18(32)13-31(19)23(34)21(25(2,3)4)30-24(35)26(27)9-10-26/h5-8,14,18-19,21,32H,9-13H2,1-4H3,(H,28,33)(H,30,35)/t18-,19+,21?/m1/s1. The van der Waals surface area contributed by atoms with Crippen LogP contribution in [0, 0.1) is 12.3 Å². The van der Waals surface area contributed by atoms with Crippen LogP contribution < -0.4 is 10.6 Å². The number of likely N-dealkylation sites (tertiary alicyclic amines) is 1. The second-order valence-corrected chi connectivity index (χ2v) is 11.7. The van der Waals surface area contributed by atoms with Gasteiger partial charge in [-0.15, -0.1) is 11.3 Å². The van der Waals surface area contributed by atoms with Crippen LogP contribution in [0.25, 0.3) is 10.4 Å². The molecule has 2 fully saturated rings. The van der Waals surface area contributed by atoms with Crippen molar-refractivity contribution < 1.29 is 23.9 Å². The molecule has 1 aliphatic carbocycles. The summed E-state index contributed by atoms with van der Waals surface area (Å²) in [5.74, 6) is -1.68. The summed E-state index contributed by atoms with van der Waals surface area (Å²) < 4.78 is 14.3. The monoisotopic (exact) mass is 516 g/mol. The van der Waals surface area contributed by atoms with Gasteiger partial charge in [0, 0.05) is 19.5 Å². The highest BCUT2D eigenvalue weighted by molar-refractivity contribution is 7.13. The highest BCUT2D eigenvalue weighted by Gasteiger charge is 2.53. The van der Waals surface area contributed by atoms with Gasteiger partial charge in [0.2, 0.25) is 11.8 Å². The Kier molecular flexibility index (Phi) is 7.21. The maximum Gasteiger partial charge on any atom is 0.258 e. The highest BCUT2D eigenvalue weighted by atomic mass is 32.1. The molecule has 2 heterocycles. The SMILES string of the molecule is Cc1ncsc1-c1ccc(CNC(=O)[C@@H]2C[C@@H](O)CN2C(=O)C(NC(=O)C2(F)CC2)C(C)(C)C)cc1. The molecule has 1 aliphatic heterocycles. The van der Waals surface area contributed by atoms with Crippen molar-refractivity contribution in [3.63, 3.8) is 0 Å². The topological polar surface area (TPSA) is 112 Å². The number of halogens is 1. The van der Waals surface area contributed by atoms with Crippen molar-refractivity contribution in [3.8, 4) is 10.4 Å². The van der Waals surface area contributed by atoms with Crippen molar-refractivity contribution in [1.29, 1.82) is 0 Å². The van der Waals surface area contributed by atoms with Crippen LogP contribution in [0.15, 0.2) is 29.8 Å². The predicted octanol–water partition coefficient (Wildman–Crippen LogP) is 2.73. The number of nitrogens with zero attached hydrogens (tertiary/aromatic N) is 2. The Morgan fingerprint density at radius 1 is 1.25 bits per heavy atom. The number of nitrogens with one attached hydrogen (secondary N) is 2. The number of hydrogen-bond donors (Lipinski definition) is 3. The van der Waals surface area contributed by atoms with Gasteiger partial charge in [0.15, 0.2) is 5.67 Å². The summed E-state index contributed by atoms with van der Waals surface area (Å²) in [5.41, 5.74) is 2.08.